The molecule has 1 aromatic carbocycles. The summed E-state index contributed by atoms with van der Waals surface area (Å²) in [4.78, 5) is 0. The lowest BCUT2D eigenvalue weighted by Gasteiger charge is -2.19. The minimum Gasteiger partial charge on any atom is -0.409 e. The standard InChI is InChI=1S/C13H17N3O/c1-4-13(2,3)15-9-10-6-5-7-11(8-10)12(14)16-17/h1,5-8,15,17H,9H2,2-3H3,(H2,14,16). The van der Waals surface area contributed by atoms with E-state index in [0.29, 0.717) is 12.1 Å². The van der Waals surface area contributed by atoms with Crippen molar-refractivity contribution in [1.29, 1.82) is 0 Å². The first-order chi connectivity index (χ1) is 7.98. The molecule has 4 N–H and O–H groups in total. The van der Waals surface area contributed by atoms with Crippen molar-refractivity contribution >= 4 is 5.84 Å². The molecule has 4 nitrogen and oxygen atoms in total. The zero-order valence-electron chi connectivity index (χ0n) is 10.1. The van der Waals surface area contributed by atoms with Crippen LogP contribution in [0, 0.1) is 12.3 Å². The zero-order chi connectivity index (χ0) is 12.9. The molecule has 1 aromatic rings. The van der Waals surface area contributed by atoms with Gasteiger partial charge in [-0.15, -0.1) is 6.42 Å². The van der Waals surface area contributed by atoms with E-state index >= 15 is 0 Å². The van der Waals surface area contributed by atoms with Crippen LogP contribution in [0.15, 0.2) is 29.4 Å². The highest BCUT2D eigenvalue weighted by molar-refractivity contribution is 5.97. The molecule has 0 fully saturated rings. The maximum Gasteiger partial charge on any atom is 0.170 e. The zero-order valence-corrected chi connectivity index (χ0v) is 10.1. The van der Waals surface area contributed by atoms with Gasteiger partial charge in [-0.25, -0.2) is 0 Å². The average molecular weight is 231 g/mol. The van der Waals surface area contributed by atoms with Crippen LogP contribution < -0.4 is 11.1 Å². The number of nitrogens with two attached hydrogens (primary N) is 1. The van der Waals surface area contributed by atoms with Gasteiger partial charge >= 0.3 is 0 Å². The third kappa shape index (κ3) is 3.82. The third-order valence-electron chi connectivity index (χ3n) is 2.43. The SMILES string of the molecule is C#CC(C)(C)NCc1cccc(C(N)=NO)c1. The molecule has 0 bridgehead atoms. The Kier molecular flexibility index (Phi) is 4.13. The van der Waals surface area contributed by atoms with E-state index in [-0.39, 0.29) is 11.4 Å². The molecular weight excluding hydrogens is 214 g/mol. The van der Waals surface area contributed by atoms with Gasteiger partial charge in [-0.1, -0.05) is 29.3 Å². The van der Waals surface area contributed by atoms with Crippen molar-refractivity contribution in [2.24, 2.45) is 10.9 Å². The number of rotatable bonds is 4. The number of hydrogen-bond donors (Lipinski definition) is 3. The summed E-state index contributed by atoms with van der Waals surface area (Å²) in [5.74, 6) is 2.76. The molecule has 0 aliphatic rings. The van der Waals surface area contributed by atoms with E-state index in [0.717, 1.165) is 5.56 Å². The summed E-state index contributed by atoms with van der Waals surface area (Å²) >= 11 is 0. The Balaban J connectivity index is 2.77. The van der Waals surface area contributed by atoms with Gasteiger partial charge in [0, 0.05) is 12.1 Å². The molecule has 0 unspecified atom stereocenters. The summed E-state index contributed by atoms with van der Waals surface area (Å²) < 4.78 is 0. The summed E-state index contributed by atoms with van der Waals surface area (Å²) in [6, 6.07) is 7.44. The van der Waals surface area contributed by atoms with E-state index in [9.17, 15) is 0 Å². The van der Waals surface area contributed by atoms with Crippen molar-refractivity contribution in [3.05, 3.63) is 35.4 Å². The van der Waals surface area contributed by atoms with Gasteiger partial charge in [0.15, 0.2) is 5.84 Å². The van der Waals surface area contributed by atoms with E-state index in [2.05, 4.69) is 16.4 Å². The summed E-state index contributed by atoms with van der Waals surface area (Å²) in [6.07, 6.45) is 5.39. The summed E-state index contributed by atoms with van der Waals surface area (Å²) in [5.41, 5.74) is 6.87. The van der Waals surface area contributed by atoms with Gasteiger partial charge in [0.25, 0.3) is 0 Å². The molecule has 0 radical (unpaired) electrons. The number of benzene rings is 1. The van der Waals surface area contributed by atoms with Crippen molar-refractivity contribution in [3.63, 3.8) is 0 Å². The predicted octanol–water partition coefficient (Wildman–Crippen LogP) is 1.28. The van der Waals surface area contributed by atoms with Crippen molar-refractivity contribution in [2.75, 3.05) is 0 Å². The van der Waals surface area contributed by atoms with Gasteiger partial charge in [0.1, 0.15) is 0 Å². The van der Waals surface area contributed by atoms with Gasteiger partial charge < -0.3 is 10.9 Å². The first kappa shape index (κ1) is 13.1. The maximum atomic E-state index is 8.60. The third-order valence-corrected chi connectivity index (χ3v) is 2.43. The molecule has 0 saturated heterocycles. The smallest absolute Gasteiger partial charge is 0.170 e. The summed E-state index contributed by atoms with van der Waals surface area (Å²) in [5, 5.41) is 14.8. The van der Waals surface area contributed by atoms with Crippen LogP contribution in [0.3, 0.4) is 0 Å². The highest BCUT2D eigenvalue weighted by atomic mass is 16.4. The van der Waals surface area contributed by atoms with E-state index in [1.165, 1.54) is 0 Å². The largest absolute Gasteiger partial charge is 0.409 e. The molecule has 0 spiro atoms. The monoisotopic (exact) mass is 231 g/mol. The van der Waals surface area contributed by atoms with Crippen LogP contribution >= 0.6 is 0 Å². The highest BCUT2D eigenvalue weighted by Crippen LogP contribution is 2.07. The van der Waals surface area contributed by atoms with E-state index in [4.69, 9.17) is 17.4 Å². The fraction of sp³-hybridized carbons (Fsp3) is 0.308. The average Bonchev–Trinajstić information content (AvgIpc) is 2.36. The maximum absolute atomic E-state index is 8.60. The quantitative estimate of drug-likeness (QED) is 0.240. The molecule has 4 heteroatoms. The van der Waals surface area contributed by atoms with Crippen molar-refractivity contribution in [3.8, 4) is 12.3 Å². The van der Waals surface area contributed by atoms with Gasteiger partial charge in [0.2, 0.25) is 0 Å². The van der Waals surface area contributed by atoms with Crippen LogP contribution in [0.2, 0.25) is 0 Å². The second-order valence-electron chi connectivity index (χ2n) is 4.31. The molecule has 0 heterocycles. The molecular formula is C13H17N3O. The van der Waals surface area contributed by atoms with Crippen LogP contribution in [-0.2, 0) is 6.54 Å². The summed E-state index contributed by atoms with van der Waals surface area (Å²) in [6.45, 7) is 4.49. The molecule has 0 aliphatic heterocycles. The minimum atomic E-state index is -0.355. The van der Waals surface area contributed by atoms with Gasteiger partial charge in [0.05, 0.1) is 5.54 Å². The fourth-order valence-electron chi connectivity index (χ4n) is 1.27. The molecule has 0 aliphatic carbocycles. The van der Waals surface area contributed by atoms with Crippen LogP contribution in [0.5, 0.6) is 0 Å². The van der Waals surface area contributed by atoms with Crippen molar-refractivity contribution in [1.82, 2.24) is 5.32 Å². The van der Waals surface area contributed by atoms with Gasteiger partial charge in [-0.3, -0.25) is 5.32 Å². The lowest BCUT2D eigenvalue weighted by atomic mass is 10.1. The molecule has 90 valence electrons. The molecule has 0 atom stereocenters. The Bertz CT molecular complexity index is 458. The van der Waals surface area contributed by atoms with Crippen LogP contribution in [-0.4, -0.2) is 16.6 Å². The van der Waals surface area contributed by atoms with Crippen LogP contribution in [0.1, 0.15) is 25.0 Å². The second kappa shape index (κ2) is 5.37. The first-order valence-electron chi connectivity index (χ1n) is 5.28. The Morgan fingerprint density at radius 3 is 2.88 bits per heavy atom. The highest BCUT2D eigenvalue weighted by Gasteiger charge is 2.12. The van der Waals surface area contributed by atoms with E-state index < -0.39 is 0 Å². The molecule has 0 aromatic heterocycles. The number of oxime groups is 1. The van der Waals surface area contributed by atoms with Crippen LogP contribution in [0.25, 0.3) is 0 Å². The predicted molar refractivity (Wildman–Crippen MR) is 68.7 cm³/mol. The lowest BCUT2D eigenvalue weighted by Crippen LogP contribution is -2.36. The molecule has 0 saturated carbocycles. The number of hydrogen-bond acceptors (Lipinski definition) is 3. The van der Waals surface area contributed by atoms with E-state index in [1.807, 2.05) is 32.0 Å². The van der Waals surface area contributed by atoms with Gasteiger partial charge in [-0.05, 0) is 25.5 Å². The number of terminal acetylenes is 1. The van der Waals surface area contributed by atoms with E-state index in [1.54, 1.807) is 6.07 Å². The molecule has 0 amide bonds. The minimum absolute atomic E-state index is 0.100. The summed E-state index contributed by atoms with van der Waals surface area (Å²) in [7, 11) is 0. The first-order valence-corrected chi connectivity index (χ1v) is 5.28. The Morgan fingerprint density at radius 2 is 2.29 bits per heavy atom. The fourth-order valence-corrected chi connectivity index (χ4v) is 1.27. The number of nitrogens with one attached hydrogen (secondary N) is 1. The second-order valence-corrected chi connectivity index (χ2v) is 4.31. The molecule has 17 heavy (non-hydrogen) atoms. The van der Waals surface area contributed by atoms with Crippen molar-refractivity contribution < 1.29 is 5.21 Å². The molecule has 1 rings (SSSR count). The Hall–Kier alpha value is -1.99. The number of amidine groups is 1. The Morgan fingerprint density at radius 1 is 1.59 bits per heavy atom. The van der Waals surface area contributed by atoms with Crippen molar-refractivity contribution in [2.45, 2.75) is 25.9 Å². The lowest BCUT2D eigenvalue weighted by molar-refractivity contribution is 0.318. The topological polar surface area (TPSA) is 70.6 Å². The normalized spacial score (nSPS) is 12.2. The number of nitrogens with zero attached hydrogens (tertiary/aromatic N) is 1. The van der Waals surface area contributed by atoms with Crippen LogP contribution in [0.4, 0.5) is 0 Å². The van der Waals surface area contributed by atoms with Gasteiger partial charge in [-0.2, -0.15) is 0 Å². The Labute approximate surface area is 102 Å².